The largest absolute Gasteiger partial charge is 0.463 e. The average Bonchev–Trinajstić information content (AvgIpc) is 2.35. The molecule has 0 heterocycles. The van der Waals surface area contributed by atoms with Crippen LogP contribution in [0.1, 0.15) is 71.1 Å². The minimum atomic E-state index is -0.305. The highest BCUT2D eigenvalue weighted by Crippen LogP contribution is 2.10. The number of rotatable bonds is 12. The minimum absolute atomic E-state index is 0. The zero-order valence-electron chi connectivity index (χ0n) is 11.8. The van der Waals surface area contributed by atoms with Crippen LogP contribution in [0.5, 0.6) is 0 Å². The Morgan fingerprint density at radius 3 is 1.83 bits per heavy atom. The van der Waals surface area contributed by atoms with Crippen LogP contribution in [-0.2, 0) is 9.53 Å². The van der Waals surface area contributed by atoms with Crippen molar-refractivity contribution >= 4 is 5.97 Å². The average molecular weight is 260 g/mol. The van der Waals surface area contributed by atoms with Gasteiger partial charge in [0.2, 0.25) is 0 Å². The molecule has 0 saturated heterocycles. The third kappa shape index (κ3) is 15.1. The lowest BCUT2D eigenvalue weighted by Gasteiger charge is -2.03. The van der Waals surface area contributed by atoms with Crippen molar-refractivity contribution in [3.05, 3.63) is 12.7 Å². The van der Waals surface area contributed by atoms with E-state index in [0.29, 0.717) is 6.61 Å². The third-order valence-electron chi connectivity index (χ3n) is 2.91. The highest BCUT2D eigenvalue weighted by molar-refractivity contribution is 5.81. The van der Waals surface area contributed by atoms with Crippen LogP contribution in [0, 0.1) is 0 Å². The zero-order chi connectivity index (χ0) is 12.8. The number of hydrogen-bond acceptors (Lipinski definition) is 2. The summed E-state index contributed by atoms with van der Waals surface area (Å²) in [6.45, 7) is 6.15. The summed E-state index contributed by atoms with van der Waals surface area (Å²) in [5, 5.41) is 0. The number of carbonyl (C=O) groups excluding carboxylic acids is 1. The number of carbonyl (C=O) groups is 1. The molecule has 108 valence electrons. The first-order chi connectivity index (χ1) is 8.31. The first kappa shape index (κ1) is 19.5. The van der Waals surface area contributed by atoms with Crippen LogP contribution in [0.15, 0.2) is 12.7 Å². The topological polar surface area (TPSA) is 26.3 Å². The van der Waals surface area contributed by atoms with E-state index in [4.69, 9.17) is 4.74 Å². The molecule has 0 aromatic rings. The molecule has 2 nitrogen and oxygen atoms in total. The molecule has 18 heavy (non-hydrogen) atoms. The van der Waals surface area contributed by atoms with E-state index < -0.39 is 0 Å². The minimum Gasteiger partial charge on any atom is -0.463 e. The van der Waals surface area contributed by atoms with E-state index in [1.165, 1.54) is 63.9 Å². The molecule has 3 heteroatoms. The molecular weight excluding hydrogens is 231 g/mol. The second-order valence-electron chi connectivity index (χ2n) is 4.55. The van der Waals surface area contributed by atoms with Crippen molar-refractivity contribution in [1.82, 2.24) is 0 Å². The van der Waals surface area contributed by atoms with Crippen molar-refractivity contribution in [2.45, 2.75) is 71.1 Å². The second kappa shape index (κ2) is 16.1. The Kier molecular flexibility index (Phi) is 17.5. The van der Waals surface area contributed by atoms with E-state index in [9.17, 15) is 4.79 Å². The molecule has 0 amide bonds. The van der Waals surface area contributed by atoms with Gasteiger partial charge in [0.1, 0.15) is 0 Å². The number of unbranched alkanes of at least 4 members (excludes halogenated alkanes) is 9. The summed E-state index contributed by atoms with van der Waals surface area (Å²) in [6.07, 6.45) is 14.2. The molecule has 0 atom stereocenters. The summed E-state index contributed by atoms with van der Waals surface area (Å²) >= 11 is 0. The van der Waals surface area contributed by atoms with Crippen LogP contribution in [-0.4, -0.2) is 12.6 Å². The number of ether oxygens (including phenoxy) is 1. The maximum atomic E-state index is 10.7. The molecule has 0 aliphatic rings. The van der Waals surface area contributed by atoms with Crippen molar-refractivity contribution in [1.29, 1.82) is 0 Å². The van der Waals surface area contributed by atoms with Gasteiger partial charge in [-0.3, -0.25) is 4.70 Å². The van der Waals surface area contributed by atoms with Gasteiger partial charge < -0.3 is 4.74 Å². The molecule has 0 rings (SSSR count). The zero-order valence-corrected chi connectivity index (χ0v) is 11.8. The Labute approximate surface area is 111 Å². The van der Waals surface area contributed by atoms with Crippen LogP contribution < -0.4 is 0 Å². The summed E-state index contributed by atoms with van der Waals surface area (Å²) in [5.41, 5.74) is 0. The van der Waals surface area contributed by atoms with Gasteiger partial charge in [0.25, 0.3) is 0 Å². The lowest BCUT2D eigenvalue weighted by atomic mass is 10.1. The predicted octanol–water partition coefficient (Wildman–Crippen LogP) is 4.79. The fraction of sp³-hybridized carbons (Fsp3) is 0.800. The quantitative estimate of drug-likeness (QED) is 0.286. The highest BCUT2D eigenvalue weighted by atomic mass is 19.0. The Bertz CT molecular complexity index is 193. The Balaban J connectivity index is 0. The monoisotopic (exact) mass is 260 g/mol. The summed E-state index contributed by atoms with van der Waals surface area (Å²) in [6, 6.07) is 0. The van der Waals surface area contributed by atoms with Crippen molar-refractivity contribution in [3.63, 3.8) is 0 Å². The van der Waals surface area contributed by atoms with E-state index in [0.717, 1.165) is 6.42 Å². The Morgan fingerprint density at radius 2 is 1.39 bits per heavy atom. The molecule has 0 spiro atoms. The summed E-state index contributed by atoms with van der Waals surface area (Å²) < 4.78 is 4.91. The van der Waals surface area contributed by atoms with E-state index in [-0.39, 0.29) is 10.7 Å². The van der Waals surface area contributed by atoms with Gasteiger partial charge in [0.15, 0.2) is 0 Å². The fourth-order valence-electron chi connectivity index (χ4n) is 1.82. The molecule has 0 fully saturated rings. The van der Waals surface area contributed by atoms with Crippen molar-refractivity contribution in [3.8, 4) is 0 Å². The summed E-state index contributed by atoms with van der Waals surface area (Å²) in [7, 11) is 0. The van der Waals surface area contributed by atoms with Gasteiger partial charge in [0.05, 0.1) is 6.61 Å². The van der Waals surface area contributed by atoms with Gasteiger partial charge in [-0.1, -0.05) is 71.3 Å². The van der Waals surface area contributed by atoms with Gasteiger partial charge in [-0.2, -0.15) is 0 Å². The van der Waals surface area contributed by atoms with Crippen molar-refractivity contribution < 1.29 is 14.2 Å². The van der Waals surface area contributed by atoms with Crippen molar-refractivity contribution in [2.24, 2.45) is 0 Å². The van der Waals surface area contributed by atoms with Crippen molar-refractivity contribution in [2.75, 3.05) is 6.61 Å². The highest BCUT2D eigenvalue weighted by Gasteiger charge is 1.95. The first-order valence-corrected chi connectivity index (χ1v) is 7.10. The van der Waals surface area contributed by atoms with E-state index in [2.05, 4.69) is 13.5 Å². The van der Waals surface area contributed by atoms with E-state index in [1.54, 1.807) is 0 Å². The van der Waals surface area contributed by atoms with Crippen LogP contribution in [0.2, 0.25) is 0 Å². The lowest BCUT2D eigenvalue weighted by Crippen LogP contribution is -2.01. The molecule has 0 aromatic heterocycles. The molecule has 0 N–H and O–H groups in total. The summed E-state index contributed by atoms with van der Waals surface area (Å²) in [4.78, 5) is 10.7. The molecule has 0 saturated carbocycles. The lowest BCUT2D eigenvalue weighted by molar-refractivity contribution is -0.137. The maximum Gasteiger partial charge on any atom is 0.330 e. The van der Waals surface area contributed by atoms with Gasteiger partial charge >= 0.3 is 5.97 Å². The molecule has 0 aliphatic heterocycles. The fourth-order valence-corrected chi connectivity index (χ4v) is 1.82. The van der Waals surface area contributed by atoms with Crippen LogP contribution in [0.3, 0.4) is 0 Å². The van der Waals surface area contributed by atoms with Gasteiger partial charge in [-0.15, -0.1) is 0 Å². The van der Waals surface area contributed by atoms with Crippen LogP contribution >= 0.6 is 0 Å². The number of esters is 1. The second-order valence-corrected chi connectivity index (χ2v) is 4.55. The molecule has 0 unspecified atom stereocenters. The standard InChI is InChI=1S/C15H28O2.FH/c1-3-5-6-7-8-9-10-11-12-13-14-17-15(16)4-2;/h4H,2-3,5-14H2,1H3;1H. The Morgan fingerprint density at radius 1 is 0.944 bits per heavy atom. The van der Waals surface area contributed by atoms with Gasteiger partial charge in [0, 0.05) is 6.08 Å². The molecule has 0 aliphatic carbocycles. The maximum absolute atomic E-state index is 10.7. The SMILES string of the molecule is C=CC(=O)OCCCCCCCCCCCC.F. The Hall–Kier alpha value is -0.860. The molecule has 0 bridgehead atoms. The normalized spacial score (nSPS) is 9.61. The predicted molar refractivity (Wildman–Crippen MR) is 75.5 cm³/mol. The molecule has 0 radical (unpaired) electrons. The van der Waals surface area contributed by atoms with Crippen LogP contribution in [0.4, 0.5) is 4.70 Å². The van der Waals surface area contributed by atoms with E-state index >= 15 is 0 Å². The molecule has 0 aromatic carbocycles. The first-order valence-electron chi connectivity index (χ1n) is 7.10. The smallest absolute Gasteiger partial charge is 0.330 e. The van der Waals surface area contributed by atoms with Crippen LogP contribution in [0.25, 0.3) is 0 Å². The third-order valence-corrected chi connectivity index (χ3v) is 2.91. The number of hydrogen-bond donors (Lipinski definition) is 0. The number of halogens is 1. The van der Waals surface area contributed by atoms with E-state index in [1.807, 2.05) is 0 Å². The van der Waals surface area contributed by atoms with Gasteiger partial charge in [-0.05, 0) is 6.42 Å². The molecular formula is C15H29FO2. The van der Waals surface area contributed by atoms with Gasteiger partial charge in [-0.25, -0.2) is 4.79 Å². The summed E-state index contributed by atoms with van der Waals surface area (Å²) in [5.74, 6) is -0.305.